The number of amides is 1. The summed E-state index contributed by atoms with van der Waals surface area (Å²) in [5, 5.41) is 22.3. The standard InChI is InChI=1S/C10H12N6O3/c1-15-7(2-3-12-15)4-11-9(17)6-16-5-8(10(18)19)13-14-16/h2-3,5H,4,6H2,1H3,(H,11,17)(H,18,19). The van der Waals surface area contributed by atoms with E-state index in [0.29, 0.717) is 6.54 Å². The zero-order chi connectivity index (χ0) is 13.8. The van der Waals surface area contributed by atoms with Crippen molar-refractivity contribution in [3.63, 3.8) is 0 Å². The van der Waals surface area contributed by atoms with Crippen molar-refractivity contribution in [2.24, 2.45) is 7.05 Å². The van der Waals surface area contributed by atoms with Crippen LogP contribution in [0.5, 0.6) is 0 Å². The number of nitrogens with one attached hydrogen (secondary N) is 1. The SMILES string of the molecule is Cn1nccc1CNC(=O)Cn1cc(C(=O)O)nn1. The van der Waals surface area contributed by atoms with Gasteiger partial charge in [-0.1, -0.05) is 5.21 Å². The predicted molar refractivity (Wildman–Crippen MR) is 62.0 cm³/mol. The minimum absolute atomic E-state index is 0.0852. The van der Waals surface area contributed by atoms with E-state index in [9.17, 15) is 9.59 Å². The molecule has 2 N–H and O–H groups in total. The first-order chi connectivity index (χ1) is 9.06. The van der Waals surface area contributed by atoms with Gasteiger partial charge < -0.3 is 10.4 Å². The molecule has 2 rings (SSSR count). The molecule has 2 heterocycles. The highest BCUT2D eigenvalue weighted by atomic mass is 16.4. The van der Waals surface area contributed by atoms with E-state index >= 15 is 0 Å². The van der Waals surface area contributed by atoms with Crippen LogP contribution in [0.15, 0.2) is 18.5 Å². The normalized spacial score (nSPS) is 10.4. The van der Waals surface area contributed by atoms with E-state index in [-0.39, 0.29) is 18.1 Å². The molecule has 0 aromatic carbocycles. The molecule has 2 aromatic heterocycles. The number of carbonyl (C=O) groups excluding carboxylic acids is 1. The Morgan fingerprint density at radius 2 is 2.26 bits per heavy atom. The maximum Gasteiger partial charge on any atom is 0.358 e. The highest BCUT2D eigenvalue weighted by Gasteiger charge is 2.10. The Kier molecular flexibility index (Phi) is 3.55. The summed E-state index contributed by atoms with van der Waals surface area (Å²) in [5.74, 6) is -1.47. The number of carboxylic acids is 1. The van der Waals surface area contributed by atoms with Gasteiger partial charge in [0.25, 0.3) is 0 Å². The second-order valence-electron chi connectivity index (χ2n) is 3.83. The van der Waals surface area contributed by atoms with Crippen LogP contribution in [0.3, 0.4) is 0 Å². The zero-order valence-corrected chi connectivity index (χ0v) is 10.1. The molecule has 0 bridgehead atoms. The Morgan fingerprint density at radius 1 is 1.47 bits per heavy atom. The number of carboxylic acid groups (broad SMARTS) is 1. The lowest BCUT2D eigenvalue weighted by Crippen LogP contribution is -2.28. The third kappa shape index (κ3) is 3.15. The fraction of sp³-hybridized carbons (Fsp3) is 0.300. The molecule has 2 aromatic rings. The number of carbonyl (C=O) groups is 2. The van der Waals surface area contributed by atoms with Crippen LogP contribution >= 0.6 is 0 Å². The maximum atomic E-state index is 11.6. The highest BCUT2D eigenvalue weighted by molar-refractivity contribution is 5.84. The van der Waals surface area contributed by atoms with E-state index in [0.717, 1.165) is 5.69 Å². The summed E-state index contributed by atoms with van der Waals surface area (Å²) in [4.78, 5) is 22.2. The average Bonchev–Trinajstić information content (AvgIpc) is 2.96. The first-order valence-electron chi connectivity index (χ1n) is 5.43. The fourth-order valence-electron chi connectivity index (χ4n) is 1.44. The number of aromatic carboxylic acids is 1. The van der Waals surface area contributed by atoms with Crippen LogP contribution in [0.4, 0.5) is 0 Å². The van der Waals surface area contributed by atoms with Crippen LogP contribution in [-0.2, 0) is 24.9 Å². The first kappa shape index (κ1) is 12.7. The average molecular weight is 264 g/mol. The molecule has 0 saturated heterocycles. The van der Waals surface area contributed by atoms with Crippen LogP contribution in [0.2, 0.25) is 0 Å². The Morgan fingerprint density at radius 3 is 2.84 bits per heavy atom. The lowest BCUT2D eigenvalue weighted by molar-refractivity contribution is -0.122. The van der Waals surface area contributed by atoms with E-state index in [1.807, 2.05) is 0 Å². The molecular formula is C10H12N6O3. The molecule has 0 unspecified atom stereocenters. The van der Waals surface area contributed by atoms with Gasteiger partial charge in [-0.05, 0) is 6.07 Å². The number of hydrogen-bond donors (Lipinski definition) is 2. The van der Waals surface area contributed by atoms with Crippen molar-refractivity contribution in [2.75, 3.05) is 0 Å². The van der Waals surface area contributed by atoms with Gasteiger partial charge in [-0.25, -0.2) is 9.48 Å². The van der Waals surface area contributed by atoms with Crippen molar-refractivity contribution >= 4 is 11.9 Å². The van der Waals surface area contributed by atoms with Crippen LogP contribution in [0.1, 0.15) is 16.2 Å². The molecule has 0 radical (unpaired) electrons. The lowest BCUT2D eigenvalue weighted by atomic mass is 10.4. The monoisotopic (exact) mass is 264 g/mol. The van der Waals surface area contributed by atoms with Crippen LogP contribution in [0.25, 0.3) is 0 Å². The zero-order valence-electron chi connectivity index (χ0n) is 10.1. The summed E-state index contributed by atoms with van der Waals surface area (Å²) in [6.45, 7) is 0.258. The molecule has 0 aliphatic carbocycles. The van der Waals surface area contributed by atoms with Crippen LogP contribution in [-0.4, -0.2) is 41.8 Å². The summed E-state index contributed by atoms with van der Waals surface area (Å²) in [5.41, 5.74) is 0.664. The van der Waals surface area contributed by atoms with Crippen molar-refractivity contribution in [1.29, 1.82) is 0 Å². The molecular weight excluding hydrogens is 252 g/mol. The van der Waals surface area contributed by atoms with Crippen molar-refractivity contribution in [3.8, 4) is 0 Å². The number of aromatic nitrogens is 5. The second-order valence-corrected chi connectivity index (χ2v) is 3.83. The van der Waals surface area contributed by atoms with E-state index in [1.165, 1.54) is 10.9 Å². The number of aryl methyl sites for hydroxylation is 1. The Labute approximate surface area is 107 Å². The van der Waals surface area contributed by atoms with Gasteiger partial charge >= 0.3 is 5.97 Å². The second kappa shape index (κ2) is 5.29. The van der Waals surface area contributed by atoms with Gasteiger partial charge in [0.15, 0.2) is 5.69 Å². The van der Waals surface area contributed by atoms with Gasteiger partial charge in [0.05, 0.1) is 18.4 Å². The summed E-state index contributed by atoms with van der Waals surface area (Å²) < 4.78 is 2.82. The van der Waals surface area contributed by atoms with Gasteiger partial charge in [0, 0.05) is 13.2 Å². The third-order valence-corrected chi connectivity index (χ3v) is 2.45. The number of hydrogen-bond acceptors (Lipinski definition) is 5. The maximum absolute atomic E-state index is 11.6. The molecule has 0 fully saturated rings. The van der Waals surface area contributed by atoms with E-state index in [1.54, 1.807) is 24.0 Å². The third-order valence-electron chi connectivity index (χ3n) is 2.45. The molecule has 0 aliphatic heterocycles. The van der Waals surface area contributed by atoms with Gasteiger partial charge in [-0.15, -0.1) is 5.10 Å². The van der Waals surface area contributed by atoms with E-state index in [2.05, 4.69) is 20.7 Å². The first-order valence-corrected chi connectivity index (χ1v) is 5.43. The molecule has 1 amide bonds. The van der Waals surface area contributed by atoms with Crippen molar-refractivity contribution < 1.29 is 14.7 Å². The van der Waals surface area contributed by atoms with Gasteiger partial charge in [0.2, 0.25) is 5.91 Å². The quantitative estimate of drug-likeness (QED) is 0.717. The minimum Gasteiger partial charge on any atom is -0.476 e. The van der Waals surface area contributed by atoms with Crippen molar-refractivity contribution in [1.82, 2.24) is 30.1 Å². The summed E-state index contributed by atoms with van der Waals surface area (Å²) in [7, 11) is 1.78. The van der Waals surface area contributed by atoms with E-state index < -0.39 is 5.97 Å². The van der Waals surface area contributed by atoms with Crippen molar-refractivity contribution in [2.45, 2.75) is 13.1 Å². The van der Waals surface area contributed by atoms with E-state index in [4.69, 9.17) is 5.11 Å². The van der Waals surface area contributed by atoms with Gasteiger partial charge in [0.1, 0.15) is 6.54 Å². The van der Waals surface area contributed by atoms with Crippen LogP contribution < -0.4 is 5.32 Å². The number of rotatable bonds is 5. The molecule has 0 aliphatic rings. The Balaban J connectivity index is 1.87. The molecule has 9 nitrogen and oxygen atoms in total. The Hall–Kier alpha value is -2.71. The van der Waals surface area contributed by atoms with Crippen LogP contribution in [0, 0.1) is 0 Å². The highest BCUT2D eigenvalue weighted by Crippen LogP contribution is 1.96. The van der Waals surface area contributed by atoms with Crippen molar-refractivity contribution in [3.05, 3.63) is 29.8 Å². The molecule has 0 atom stereocenters. The molecule has 19 heavy (non-hydrogen) atoms. The summed E-state index contributed by atoms with van der Waals surface area (Å²) >= 11 is 0. The minimum atomic E-state index is -1.18. The van der Waals surface area contributed by atoms with Gasteiger partial charge in [-0.3, -0.25) is 9.48 Å². The summed E-state index contributed by atoms with van der Waals surface area (Å²) in [6, 6.07) is 1.79. The smallest absolute Gasteiger partial charge is 0.358 e. The largest absolute Gasteiger partial charge is 0.476 e. The molecule has 0 saturated carbocycles. The lowest BCUT2D eigenvalue weighted by Gasteiger charge is -2.05. The predicted octanol–water partition coefficient (Wildman–Crippen LogP) is -0.974. The Bertz CT molecular complexity index is 602. The topological polar surface area (TPSA) is 115 Å². The van der Waals surface area contributed by atoms with Gasteiger partial charge in [-0.2, -0.15) is 5.10 Å². The molecule has 0 spiro atoms. The number of nitrogens with zero attached hydrogens (tertiary/aromatic N) is 5. The summed E-state index contributed by atoms with van der Waals surface area (Å²) in [6.07, 6.45) is 2.84. The fourth-order valence-corrected chi connectivity index (χ4v) is 1.44. The molecule has 9 heteroatoms. The molecule has 100 valence electrons.